The number of benzene rings is 1. The van der Waals surface area contributed by atoms with Crippen LogP contribution in [0.2, 0.25) is 0 Å². The Morgan fingerprint density at radius 1 is 1.30 bits per heavy atom. The van der Waals surface area contributed by atoms with Crippen LogP contribution < -0.4 is 10.6 Å². The van der Waals surface area contributed by atoms with Gasteiger partial charge in [-0.2, -0.15) is 0 Å². The van der Waals surface area contributed by atoms with Crippen molar-refractivity contribution in [2.75, 3.05) is 26.2 Å². The van der Waals surface area contributed by atoms with E-state index in [9.17, 15) is 9.90 Å². The molecule has 1 heterocycles. The van der Waals surface area contributed by atoms with Gasteiger partial charge in [-0.3, -0.25) is 4.79 Å². The zero-order valence-corrected chi connectivity index (χ0v) is 14.3. The van der Waals surface area contributed by atoms with Crippen molar-refractivity contribution < 1.29 is 9.90 Å². The first-order valence-electron chi connectivity index (χ1n) is 8.39. The second-order valence-corrected chi connectivity index (χ2v) is 6.73. The molecule has 2 aliphatic rings. The Kier molecular flexibility index (Phi) is 6.45. The fourth-order valence-corrected chi connectivity index (χ4v) is 3.81. The lowest BCUT2D eigenvalue weighted by Crippen LogP contribution is -2.35. The lowest BCUT2D eigenvalue weighted by atomic mass is 9.91. The molecule has 2 fully saturated rings. The van der Waals surface area contributed by atoms with Gasteiger partial charge in [0.05, 0.1) is 0 Å². The van der Waals surface area contributed by atoms with Crippen LogP contribution >= 0.6 is 12.4 Å². The molecule has 1 aliphatic carbocycles. The molecule has 4 nitrogen and oxygen atoms in total. The van der Waals surface area contributed by atoms with E-state index in [1.54, 1.807) is 0 Å². The molecular formula is C18H27ClN2O2. The highest BCUT2D eigenvalue weighted by atomic mass is 35.5. The molecule has 1 amide bonds. The minimum atomic E-state index is 0. The number of aliphatic hydroxyl groups excluding tert-OH is 1. The molecule has 1 aromatic rings. The van der Waals surface area contributed by atoms with Gasteiger partial charge in [-0.1, -0.05) is 30.3 Å². The van der Waals surface area contributed by atoms with E-state index in [2.05, 4.69) is 22.8 Å². The smallest absolute Gasteiger partial charge is 0.223 e. The highest BCUT2D eigenvalue weighted by Crippen LogP contribution is 2.58. The maximum Gasteiger partial charge on any atom is 0.223 e. The van der Waals surface area contributed by atoms with Gasteiger partial charge in [0.25, 0.3) is 0 Å². The third kappa shape index (κ3) is 4.25. The molecule has 0 bridgehead atoms. The van der Waals surface area contributed by atoms with Crippen molar-refractivity contribution >= 4 is 18.3 Å². The van der Waals surface area contributed by atoms with Crippen molar-refractivity contribution in [2.45, 2.75) is 31.6 Å². The standard InChI is InChI=1S/C18H26N2O2.ClH/c21-11-6-15(14-4-2-1-3-5-14)13-20-17(22)16-12-18(16)7-9-19-10-8-18;/h1-5,15-16,19,21H,6-13H2,(H,20,22);1H. The maximum atomic E-state index is 12.4. The number of hydrogen-bond donors (Lipinski definition) is 3. The van der Waals surface area contributed by atoms with Crippen LogP contribution in [0.25, 0.3) is 0 Å². The predicted molar refractivity (Wildman–Crippen MR) is 93.8 cm³/mol. The summed E-state index contributed by atoms with van der Waals surface area (Å²) in [4.78, 5) is 12.4. The molecule has 23 heavy (non-hydrogen) atoms. The van der Waals surface area contributed by atoms with Crippen LogP contribution in [-0.4, -0.2) is 37.3 Å². The van der Waals surface area contributed by atoms with E-state index in [0.29, 0.717) is 13.0 Å². The van der Waals surface area contributed by atoms with Crippen molar-refractivity contribution in [2.24, 2.45) is 11.3 Å². The van der Waals surface area contributed by atoms with Crippen molar-refractivity contribution in [3.8, 4) is 0 Å². The summed E-state index contributed by atoms with van der Waals surface area (Å²) < 4.78 is 0. The van der Waals surface area contributed by atoms with Crippen molar-refractivity contribution in [3.63, 3.8) is 0 Å². The second-order valence-electron chi connectivity index (χ2n) is 6.73. The topological polar surface area (TPSA) is 61.4 Å². The molecule has 5 heteroatoms. The van der Waals surface area contributed by atoms with Gasteiger partial charge < -0.3 is 15.7 Å². The molecule has 3 N–H and O–H groups in total. The molecule has 3 rings (SSSR count). The van der Waals surface area contributed by atoms with Crippen molar-refractivity contribution in [1.29, 1.82) is 0 Å². The quantitative estimate of drug-likeness (QED) is 0.744. The molecule has 1 spiro atoms. The third-order valence-electron chi connectivity index (χ3n) is 5.38. The fourth-order valence-electron chi connectivity index (χ4n) is 3.81. The average molecular weight is 339 g/mol. The van der Waals surface area contributed by atoms with Crippen molar-refractivity contribution in [1.82, 2.24) is 10.6 Å². The lowest BCUT2D eigenvalue weighted by molar-refractivity contribution is -0.123. The van der Waals surface area contributed by atoms with Crippen LogP contribution in [0.15, 0.2) is 30.3 Å². The number of piperidine rings is 1. The number of amides is 1. The molecule has 2 atom stereocenters. The van der Waals surface area contributed by atoms with Crippen LogP contribution in [0.4, 0.5) is 0 Å². The summed E-state index contributed by atoms with van der Waals surface area (Å²) in [5, 5.41) is 15.8. The Labute approximate surface area is 144 Å². The first-order chi connectivity index (χ1) is 10.7. The van der Waals surface area contributed by atoms with E-state index in [-0.39, 0.29) is 42.2 Å². The van der Waals surface area contributed by atoms with Gasteiger partial charge in [-0.25, -0.2) is 0 Å². The maximum absolute atomic E-state index is 12.4. The first kappa shape index (κ1) is 18.2. The summed E-state index contributed by atoms with van der Waals surface area (Å²) in [5.41, 5.74) is 1.47. The predicted octanol–water partition coefficient (Wildman–Crippen LogP) is 2.08. The third-order valence-corrected chi connectivity index (χ3v) is 5.38. The number of hydrogen-bond acceptors (Lipinski definition) is 3. The zero-order valence-electron chi connectivity index (χ0n) is 13.5. The zero-order chi connectivity index (χ0) is 15.4. The number of nitrogens with one attached hydrogen (secondary N) is 2. The molecule has 0 aromatic heterocycles. The molecule has 0 radical (unpaired) electrons. The Morgan fingerprint density at radius 3 is 2.65 bits per heavy atom. The summed E-state index contributed by atoms with van der Waals surface area (Å²) in [7, 11) is 0. The summed E-state index contributed by atoms with van der Waals surface area (Å²) in [6, 6.07) is 10.1. The fraction of sp³-hybridized carbons (Fsp3) is 0.611. The van der Waals surface area contributed by atoms with Crippen molar-refractivity contribution in [3.05, 3.63) is 35.9 Å². The first-order valence-corrected chi connectivity index (χ1v) is 8.39. The molecule has 2 unspecified atom stereocenters. The summed E-state index contributed by atoms with van der Waals surface area (Å²) in [6.07, 6.45) is 3.99. The summed E-state index contributed by atoms with van der Waals surface area (Å²) in [5.74, 6) is 0.610. The van der Waals surface area contributed by atoms with Gasteiger partial charge in [-0.15, -0.1) is 12.4 Å². The normalized spacial score (nSPS) is 22.9. The summed E-state index contributed by atoms with van der Waals surface area (Å²) in [6.45, 7) is 2.85. The molecule has 1 saturated heterocycles. The second kappa shape index (κ2) is 8.13. The Balaban J connectivity index is 0.00000192. The number of rotatable bonds is 6. The van der Waals surface area contributed by atoms with Gasteiger partial charge in [0.15, 0.2) is 0 Å². The van der Waals surface area contributed by atoms with E-state index in [1.807, 2.05) is 18.2 Å². The number of carbonyl (C=O) groups excluding carboxylic acids is 1. The Morgan fingerprint density at radius 2 is 2.00 bits per heavy atom. The monoisotopic (exact) mass is 338 g/mol. The van der Waals surface area contributed by atoms with E-state index in [0.717, 1.165) is 32.4 Å². The largest absolute Gasteiger partial charge is 0.396 e. The molecule has 128 valence electrons. The minimum Gasteiger partial charge on any atom is -0.396 e. The lowest BCUT2D eigenvalue weighted by Gasteiger charge is -2.23. The SMILES string of the molecule is Cl.O=C(NCC(CCO)c1ccccc1)C1CC12CCNCC2. The van der Waals surface area contributed by atoms with E-state index < -0.39 is 0 Å². The highest BCUT2D eigenvalue weighted by molar-refractivity contribution is 5.85. The summed E-state index contributed by atoms with van der Waals surface area (Å²) >= 11 is 0. The average Bonchev–Trinajstić information content (AvgIpc) is 3.26. The van der Waals surface area contributed by atoms with Gasteiger partial charge >= 0.3 is 0 Å². The van der Waals surface area contributed by atoms with E-state index in [4.69, 9.17) is 0 Å². The van der Waals surface area contributed by atoms with Crippen LogP contribution in [0, 0.1) is 11.3 Å². The highest BCUT2D eigenvalue weighted by Gasteiger charge is 2.57. The molecule has 1 aromatic carbocycles. The van der Waals surface area contributed by atoms with Crippen LogP contribution in [0.1, 0.15) is 37.2 Å². The molecule has 1 aliphatic heterocycles. The Hall–Kier alpha value is -1.10. The van der Waals surface area contributed by atoms with Crippen LogP contribution in [0.5, 0.6) is 0 Å². The van der Waals surface area contributed by atoms with Crippen LogP contribution in [-0.2, 0) is 4.79 Å². The van der Waals surface area contributed by atoms with E-state index >= 15 is 0 Å². The number of aliphatic hydroxyl groups is 1. The van der Waals surface area contributed by atoms with Gasteiger partial charge in [0, 0.05) is 25.0 Å². The van der Waals surface area contributed by atoms with Crippen LogP contribution in [0.3, 0.4) is 0 Å². The number of halogens is 1. The van der Waals surface area contributed by atoms with Gasteiger partial charge in [-0.05, 0) is 49.8 Å². The molecule has 1 saturated carbocycles. The van der Waals surface area contributed by atoms with E-state index in [1.165, 1.54) is 5.56 Å². The Bertz CT molecular complexity index is 503. The minimum absolute atomic E-state index is 0. The van der Waals surface area contributed by atoms with Gasteiger partial charge in [0.2, 0.25) is 5.91 Å². The van der Waals surface area contributed by atoms with Gasteiger partial charge in [0.1, 0.15) is 0 Å². The molecular weight excluding hydrogens is 312 g/mol. The number of carbonyl (C=O) groups is 1.